The molecule has 1 amide bonds. The van der Waals surface area contributed by atoms with Gasteiger partial charge in [0.2, 0.25) is 0 Å². The maximum atomic E-state index is 11.7. The monoisotopic (exact) mass is 281 g/mol. The molecule has 6 nitrogen and oxygen atoms in total. The average Bonchev–Trinajstić information content (AvgIpc) is 2.25. The van der Waals surface area contributed by atoms with Crippen molar-refractivity contribution in [3.63, 3.8) is 0 Å². The van der Waals surface area contributed by atoms with Gasteiger partial charge in [-0.1, -0.05) is 18.2 Å². The molecule has 0 fully saturated rings. The van der Waals surface area contributed by atoms with Crippen molar-refractivity contribution in [3.05, 3.63) is 29.8 Å². The molecule has 1 rings (SSSR count). The first-order chi connectivity index (χ1) is 9.19. The van der Waals surface area contributed by atoms with E-state index in [4.69, 9.17) is 9.84 Å². The Kier molecular flexibility index (Phi) is 4.96. The minimum absolute atomic E-state index is 0.0743. The highest BCUT2D eigenvalue weighted by Crippen LogP contribution is 2.26. The van der Waals surface area contributed by atoms with Crippen LogP contribution in [0.25, 0.3) is 0 Å². The summed E-state index contributed by atoms with van der Waals surface area (Å²) in [5, 5.41) is 21.1. The van der Waals surface area contributed by atoms with E-state index < -0.39 is 23.7 Å². The van der Waals surface area contributed by atoms with E-state index in [1.54, 1.807) is 39.0 Å². The third-order valence-electron chi connectivity index (χ3n) is 2.38. The molecule has 20 heavy (non-hydrogen) atoms. The number of phenolic OH excluding ortho intramolecular Hbond substituents is 1. The Labute approximate surface area is 117 Å². The molecule has 1 aromatic carbocycles. The summed E-state index contributed by atoms with van der Waals surface area (Å²) in [5.74, 6) is -1.16. The van der Waals surface area contributed by atoms with Crippen molar-refractivity contribution in [1.82, 2.24) is 5.32 Å². The Bertz CT molecular complexity index is 493. The van der Waals surface area contributed by atoms with E-state index in [0.29, 0.717) is 5.56 Å². The lowest BCUT2D eigenvalue weighted by Crippen LogP contribution is -2.35. The van der Waals surface area contributed by atoms with Gasteiger partial charge in [0.25, 0.3) is 0 Å². The Morgan fingerprint density at radius 1 is 1.30 bits per heavy atom. The zero-order valence-electron chi connectivity index (χ0n) is 11.7. The molecule has 6 heteroatoms. The lowest BCUT2D eigenvalue weighted by molar-refractivity contribution is -0.137. The summed E-state index contributed by atoms with van der Waals surface area (Å²) in [7, 11) is 0. The van der Waals surface area contributed by atoms with Crippen molar-refractivity contribution in [1.29, 1.82) is 0 Å². The zero-order chi connectivity index (χ0) is 15.3. The van der Waals surface area contributed by atoms with Gasteiger partial charge in [0.05, 0.1) is 12.5 Å². The normalized spacial score (nSPS) is 12.6. The molecule has 0 spiro atoms. The third-order valence-corrected chi connectivity index (χ3v) is 2.38. The van der Waals surface area contributed by atoms with Crippen LogP contribution in [0.3, 0.4) is 0 Å². The van der Waals surface area contributed by atoms with E-state index in [1.165, 1.54) is 6.07 Å². The Balaban J connectivity index is 2.88. The molecule has 1 unspecified atom stereocenters. The fourth-order valence-corrected chi connectivity index (χ4v) is 1.65. The second kappa shape index (κ2) is 6.27. The molecule has 1 aromatic rings. The first-order valence-corrected chi connectivity index (χ1v) is 6.18. The van der Waals surface area contributed by atoms with E-state index in [9.17, 15) is 14.7 Å². The van der Waals surface area contributed by atoms with Crippen LogP contribution in [0.1, 0.15) is 38.8 Å². The summed E-state index contributed by atoms with van der Waals surface area (Å²) >= 11 is 0. The van der Waals surface area contributed by atoms with Crippen LogP contribution < -0.4 is 5.32 Å². The molecule has 3 N–H and O–H groups in total. The van der Waals surface area contributed by atoms with Crippen LogP contribution in [-0.2, 0) is 9.53 Å². The molecule has 1 atom stereocenters. The van der Waals surface area contributed by atoms with E-state index in [2.05, 4.69) is 5.32 Å². The highest BCUT2D eigenvalue weighted by molar-refractivity contribution is 5.72. The van der Waals surface area contributed by atoms with Gasteiger partial charge in [-0.05, 0) is 26.8 Å². The van der Waals surface area contributed by atoms with Crippen LogP contribution in [0.2, 0.25) is 0 Å². The van der Waals surface area contributed by atoms with Crippen LogP contribution in [-0.4, -0.2) is 27.9 Å². The number of aliphatic carboxylic acids is 1. The summed E-state index contributed by atoms with van der Waals surface area (Å²) in [6.45, 7) is 5.12. The number of benzene rings is 1. The Morgan fingerprint density at radius 2 is 1.90 bits per heavy atom. The van der Waals surface area contributed by atoms with Crippen molar-refractivity contribution >= 4 is 12.1 Å². The van der Waals surface area contributed by atoms with Crippen LogP contribution >= 0.6 is 0 Å². The zero-order valence-corrected chi connectivity index (χ0v) is 11.7. The third kappa shape index (κ3) is 5.17. The van der Waals surface area contributed by atoms with Crippen LogP contribution in [0.4, 0.5) is 4.79 Å². The molecule has 0 aliphatic carbocycles. The highest BCUT2D eigenvalue weighted by atomic mass is 16.6. The number of rotatable bonds is 4. The smallest absolute Gasteiger partial charge is 0.408 e. The van der Waals surface area contributed by atoms with E-state index in [-0.39, 0.29) is 12.2 Å². The molecule has 0 radical (unpaired) electrons. The fourth-order valence-electron chi connectivity index (χ4n) is 1.65. The topological polar surface area (TPSA) is 95.9 Å². The summed E-state index contributed by atoms with van der Waals surface area (Å²) < 4.78 is 5.09. The highest BCUT2D eigenvalue weighted by Gasteiger charge is 2.24. The summed E-state index contributed by atoms with van der Waals surface area (Å²) in [6, 6.07) is 5.40. The summed E-state index contributed by atoms with van der Waals surface area (Å²) in [6.07, 6.45) is -1.08. The molecular weight excluding hydrogens is 262 g/mol. The number of carboxylic acids is 1. The lowest BCUT2D eigenvalue weighted by atomic mass is 10.0. The number of nitrogens with one attached hydrogen (secondary N) is 1. The van der Waals surface area contributed by atoms with Gasteiger partial charge in [-0.2, -0.15) is 0 Å². The number of ether oxygens (including phenoxy) is 1. The minimum atomic E-state index is -1.09. The number of aromatic hydroxyl groups is 1. The Hall–Kier alpha value is -2.24. The first-order valence-electron chi connectivity index (χ1n) is 6.18. The fraction of sp³-hybridized carbons (Fsp3) is 0.429. The number of carbonyl (C=O) groups excluding carboxylic acids is 1. The summed E-state index contributed by atoms with van der Waals surface area (Å²) in [4.78, 5) is 22.6. The first kappa shape index (κ1) is 15.8. The number of alkyl carbamates (subject to hydrolysis) is 1. The maximum Gasteiger partial charge on any atom is 0.408 e. The summed E-state index contributed by atoms with van der Waals surface area (Å²) in [5.41, 5.74) is -0.350. The van der Waals surface area contributed by atoms with Gasteiger partial charge in [-0.15, -0.1) is 0 Å². The number of amides is 1. The number of carbonyl (C=O) groups is 2. The Morgan fingerprint density at radius 3 is 2.40 bits per heavy atom. The van der Waals surface area contributed by atoms with Gasteiger partial charge in [0.1, 0.15) is 11.4 Å². The number of para-hydroxylation sites is 1. The molecule has 0 saturated carbocycles. The number of hydrogen-bond acceptors (Lipinski definition) is 4. The standard InChI is InChI=1S/C14H19NO5/c1-14(2,3)20-13(19)15-10(8-12(17)18)9-6-4-5-7-11(9)16/h4-7,10,16H,8H2,1-3H3,(H,15,19)(H,17,18). The van der Waals surface area contributed by atoms with Crippen molar-refractivity contribution in [2.24, 2.45) is 0 Å². The number of phenols is 1. The quantitative estimate of drug-likeness (QED) is 0.787. The molecule has 0 aromatic heterocycles. The molecule has 0 aliphatic rings. The minimum Gasteiger partial charge on any atom is -0.508 e. The van der Waals surface area contributed by atoms with E-state index in [0.717, 1.165) is 0 Å². The molecule has 0 saturated heterocycles. The molecular formula is C14H19NO5. The van der Waals surface area contributed by atoms with Crippen LogP contribution in [0.15, 0.2) is 24.3 Å². The van der Waals surface area contributed by atoms with Gasteiger partial charge in [-0.25, -0.2) is 4.79 Å². The van der Waals surface area contributed by atoms with Gasteiger partial charge in [0.15, 0.2) is 0 Å². The van der Waals surface area contributed by atoms with Crippen molar-refractivity contribution < 1.29 is 24.5 Å². The average molecular weight is 281 g/mol. The SMILES string of the molecule is CC(C)(C)OC(=O)NC(CC(=O)O)c1ccccc1O. The predicted octanol–water partition coefficient (Wildman–Crippen LogP) is 2.43. The van der Waals surface area contributed by atoms with Gasteiger partial charge in [-0.3, -0.25) is 4.79 Å². The second-order valence-corrected chi connectivity index (χ2v) is 5.36. The van der Waals surface area contributed by atoms with Crippen LogP contribution in [0.5, 0.6) is 5.75 Å². The largest absolute Gasteiger partial charge is 0.508 e. The van der Waals surface area contributed by atoms with Crippen LogP contribution in [0, 0.1) is 0 Å². The number of carboxylic acid groups (broad SMARTS) is 1. The van der Waals surface area contributed by atoms with Gasteiger partial charge in [0, 0.05) is 5.56 Å². The second-order valence-electron chi connectivity index (χ2n) is 5.36. The van der Waals surface area contributed by atoms with Crippen molar-refractivity contribution in [3.8, 4) is 5.75 Å². The lowest BCUT2D eigenvalue weighted by Gasteiger charge is -2.23. The maximum absolute atomic E-state index is 11.7. The van der Waals surface area contributed by atoms with E-state index in [1.807, 2.05) is 0 Å². The predicted molar refractivity (Wildman–Crippen MR) is 72.5 cm³/mol. The number of hydrogen-bond donors (Lipinski definition) is 3. The van der Waals surface area contributed by atoms with Gasteiger partial charge < -0.3 is 20.3 Å². The molecule has 0 heterocycles. The molecule has 110 valence electrons. The molecule has 0 aliphatic heterocycles. The van der Waals surface area contributed by atoms with Crippen molar-refractivity contribution in [2.75, 3.05) is 0 Å². The van der Waals surface area contributed by atoms with Crippen molar-refractivity contribution in [2.45, 2.75) is 38.8 Å². The van der Waals surface area contributed by atoms with Gasteiger partial charge >= 0.3 is 12.1 Å². The molecule has 0 bridgehead atoms. The van der Waals surface area contributed by atoms with E-state index >= 15 is 0 Å².